The highest BCUT2D eigenvalue weighted by Crippen LogP contribution is 2.20. The van der Waals surface area contributed by atoms with Gasteiger partial charge in [-0.1, -0.05) is 13.0 Å². The van der Waals surface area contributed by atoms with E-state index in [-0.39, 0.29) is 0 Å². The molecule has 0 saturated heterocycles. The van der Waals surface area contributed by atoms with E-state index in [1.54, 1.807) is 0 Å². The standard InChI is InChI=1S/C10H13IO/c1-3-6-12-10-7-9(11)5-4-8(10)2/h4-5,7H,3,6H2,1-2H3. The Morgan fingerprint density at radius 3 is 2.83 bits per heavy atom. The van der Waals surface area contributed by atoms with Crippen molar-refractivity contribution in [2.75, 3.05) is 6.61 Å². The minimum atomic E-state index is 0.806. The molecular weight excluding hydrogens is 263 g/mol. The van der Waals surface area contributed by atoms with Gasteiger partial charge in [-0.25, -0.2) is 0 Å². The van der Waals surface area contributed by atoms with E-state index < -0.39 is 0 Å². The van der Waals surface area contributed by atoms with E-state index in [2.05, 4.69) is 54.6 Å². The quantitative estimate of drug-likeness (QED) is 0.769. The first-order valence-corrected chi connectivity index (χ1v) is 5.21. The molecule has 0 aliphatic rings. The Kier molecular flexibility index (Phi) is 3.85. The van der Waals surface area contributed by atoms with Crippen molar-refractivity contribution < 1.29 is 4.74 Å². The van der Waals surface area contributed by atoms with Crippen molar-refractivity contribution in [2.24, 2.45) is 0 Å². The molecule has 0 aromatic heterocycles. The molecule has 0 saturated carbocycles. The normalized spacial score (nSPS) is 9.92. The van der Waals surface area contributed by atoms with Gasteiger partial charge in [-0.3, -0.25) is 0 Å². The first-order valence-electron chi connectivity index (χ1n) is 4.13. The number of halogens is 1. The molecule has 2 heteroatoms. The first kappa shape index (κ1) is 9.84. The molecule has 0 amide bonds. The lowest BCUT2D eigenvalue weighted by Gasteiger charge is -2.07. The third kappa shape index (κ3) is 2.66. The third-order valence-electron chi connectivity index (χ3n) is 1.61. The second-order valence-electron chi connectivity index (χ2n) is 2.76. The Labute approximate surface area is 87.3 Å². The molecule has 66 valence electrons. The van der Waals surface area contributed by atoms with Gasteiger partial charge in [0.15, 0.2) is 0 Å². The van der Waals surface area contributed by atoms with E-state index in [1.807, 2.05) is 0 Å². The molecule has 0 aliphatic heterocycles. The molecule has 0 N–H and O–H groups in total. The van der Waals surface area contributed by atoms with Crippen LogP contribution in [0.4, 0.5) is 0 Å². The molecule has 0 radical (unpaired) electrons. The number of ether oxygens (including phenoxy) is 1. The highest BCUT2D eigenvalue weighted by Gasteiger charge is 1.98. The molecule has 1 aromatic rings. The number of aryl methyl sites for hydroxylation is 1. The van der Waals surface area contributed by atoms with E-state index in [9.17, 15) is 0 Å². The van der Waals surface area contributed by atoms with Gasteiger partial charge in [-0.05, 0) is 53.6 Å². The second kappa shape index (κ2) is 4.70. The fraction of sp³-hybridized carbons (Fsp3) is 0.400. The number of hydrogen-bond acceptors (Lipinski definition) is 1. The minimum absolute atomic E-state index is 0.806. The zero-order valence-electron chi connectivity index (χ0n) is 7.43. The molecule has 0 bridgehead atoms. The zero-order valence-corrected chi connectivity index (χ0v) is 9.59. The highest BCUT2D eigenvalue weighted by molar-refractivity contribution is 14.1. The van der Waals surface area contributed by atoms with Crippen LogP contribution in [0.25, 0.3) is 0 Å². The summed E-state index contributed by atoms with van der Waals surface area (Å²) in [6.07, 6.45) is 1.06. The number of rotatable bonds is 3. The monoisotopic (exact) mass is 276 g/mol. The van der Waals surface area contributed by atoms with Crippen molar-refractivity contribution in [1.82, 2.24) is 0 Å². The van der Waals surface area contributed by atoms with Crippen molar-refractivity contribution in [2.45, 2.75) is 20.3 Å². The fourth-order valence-corrected chi connectivity index (χ4v) is 1.40. The van der Waals surface area contributed by atoms with Gasteiger partial charge < -0.3 is 4.74 Å². The predicted molar refractivity (Wildman–Crippen MR) is 59.7 cm³/mol. The molecule has 0 fully saturated rings. The molecular formula is C10H13IO. The maximum absolute atomic E-state index is 5.56. The minimum Gasteiger partial charge on any atom is -0.493 e. The van der Waals surface area contributed by atoms with Crippen LogP contribution in [0.1, 0.15) is 18.9 Å². The van der Waals surface area contributed by atoms with Gasteiger partial charge in [0.2, 0.25) is 0 Å². The lowest BCUT2D eigenvalue weighted by atomic mass is 10.2. The van der Waals surface area contributed by atoms with Crippen LogP contribution in [0, 0.1) is 10.5 Å². The van der Waals surface area contributed by atoms with Crippen molar-refractivity contribution in [3.63, 3.8) is 0 Å². The van der Waals surface area contributed by atoms with Crippen LogP contribution in [-0.2, 0) is 0 Å². The van der Waals surface area contributed by atoms with Gasteiger partial charge >= 0.3 is 0 Å². The average Bonchev–Trinajstić information content (AvgIpc) is 2.07. The fourth-order valence-electron chi connectivity index (χ4n) is 0.941. The third-order valence-corrected chi connectivity index (χ3v) is 2.28. The number of benzene rings is 1. The van der Waals surface area contributed by atoms with Gasteiger partial charge in [0.25, 0.3) is 0 Å². The Balaban J connectivity index is 2.75. The molecule has 1 nitrogen and oxygen atoms in total. The Bertz CT molecular complexity index is 258. The molecule has 0 spiro atoms. The van der Waals surface area contributed by atoms with E-state index >= 15 is 0 Å². The SMILES string of the molecule is CCCOc1cc(I)ccc1C. The smallest absolute Gasteiger partial charge is 0.123 e. The largest absolute Gasteiger partial charge is 0.493 e. The van der Waals surface area contributed by atoms with Crippen molar-refractivity contribution >= 4 is 22.6 Å². The van der Waals surface area contributed by atoms with Gasteiger partial charge in [0, 0.05) is 3.57 Å². The summed E-state index contributed by atoms with van der Waals surface area (Å²) in [7, 11) is 0. The van der Waals surface area contributed by atoms with Gasteiger partial charge in [-0.15, -0.1) is 0 Å². The summed E-state index contributed by atoms with van der Waals surface area (Å²) in [5.41, 5.74) is 1.21. The van der Waals surface area contributed by atoms with E-state index in [0.29, 0.717) is 0 Å². The second-order valence-corrected chi connectivity index (χ2v) is 4.00. The molecule has 0 heterocycles. The van der Waals surface area contributed by atoms with Crippen LogP contribution in [0.2, 0.25) is 0 Å². The maximum Gasteiger partial charge on any atom is 0.123 e. The lowest BCUT2D eigenvalue weighted by Crippen LogP contribution is -1.96. The summed E-state index contributed by atoms with van der Waals surface area (Å²) in [4.78, 5) is 0. The van der Waals surface area contributed by atoms with E-state index in [0.717, 1.165) is 18.8 Å². The summed E-state index contributed by atoms with van der Waals surface area (Å²) in [5.74, 6) is 1.02. The van der Waals surface area contributed by atoms with Crippen LogP contribution < -0.4 is 4.74 Å². The van der Waals surface area contributed by atoms with Crippen LogP contribution in [-0.4, -0.2) is 6.61 Å². The summed E-state index contributed by atoms with van der Waals surface area (Å²) >= 11 is 2.29. The summed E-state index contributed by atoms with van der Waals surface area (Å²) in [6, 6.07) is 6.26. The maximum atomic E-state index is 5.56. The van der Waals surface area contributed by atoms with Crippen molar-refractivity contribution in [3.05, 3.63) is 27.3 Å². The van der Waals surface area contributed by atoms with E-state index in [4.69, 9.17) is 4.74 Å². The van der Waals surface area contributed by atoms with Gasteiger partial charge in [0.05, 0.1) is 6.61 Å². The Morgan fingerprint density at radius 2 is 2.17 bits per heavy atom. The molecule has 12 heavy (non-hydrogen) atoms. The summed E-state index contributed by atoms with van der Waals surface area (Å²) < 4.78 is 6.79. The molecule has 0 unspecified atom stereocenters. The average molecular weight is 276 g/mol. The lowest BCUT2D eigenvalue weighted by molar-refractivity contribution is 0.315. The van der Waals surface area contributed by atoms with Crippen LogP contribution in [0.3, 0.4) is 0 Å². The van der Waals surface area contributed by atoms with Gasteiger partial charge in [0.1, 0.15) is 5.75 Å². The Morgan fingerprint density at radius 1 is 1.42 bits per heavy atom. The molecule has 0 aliphatic carbocycles. The Hall–Kier alpha value is -0.250. The molecule has 1 aromatic carbocycles. The first-order chi connectivity index (χ1) is 5.74. The number of hydrogen-bond donors (Lipinski definition) is 0. The zero-order chi connectivity index (χ0) is 8.97. The van der Waals surface area contributed by atoms with E-state index in [1.165, 1.54) is 9.13 Å². The van der Waals surface area contributed by atoms with Crippen LogP contribution in [0.5, 0.6) is 5.75 Å². The van der Waals surface area contributed by atoms with Crippen LogP contribution in [0.15, 0.2) is 18.2 Å². The molecule has 1 rings (SSSR count). The van der Waals surface area contributed by atoms with Crippen molar-refractivity contribution in [1.29, 1.82) is 0 Å². The van der Waals surface area contributed by atoms with Crippen LogP contribution >= 0.6 is 22.6 Å². The molecule has 0 atom stereocenters. The van der Waals surface area contributed by atoms with Gasteiger partial charge in [-0.2, -0.15) is 0 Å². The topological polar surface area (TPSA) is 9.23 Å². The summed E-state index contributed by atoms with van der Waals surface area (Å²) in [5, 5.41) is 0. The highest BCUT2D eigenvalue weighted by atomic mass is 127. The summed E-state index contributed by atoms with van der Waals surface area (Å²) in [6.45, 7) is 4.99. The van der Waals surface area contributed by atoms with Crippen molar-refractivity contribution in [3.8, 4) is 5.75 Å². The predicted octanol–water partition coefficient (Wildman–Crippen LogP) is 3.39.